The van der Waals surface area contributed by atoms with Gasteiger partial charge in [0.2, 0.25) is 5.91 Å². The summed E-state index contributed by atoms with van der Waals surface area (Å²) in [5.74, 6) is 0.567. The predicted octanol–water partition coefficient (Wildman–Crippen LogP) is 5.73. The van der Waals surface area contributed by atoms with Crippen LogP contribution in [0.15, 0.2) is 42.5 Å². The number of amides is 3. The molecule has 1 aliphatic rings. The molecule has 0 saturated carbocycles. The van der Waals surface area contributed by atoms with Crippen molar-refractivity contribution in [2.45, 2.75) is 46.5 Å². The van der Waals surface area contributed by atoms with Gasteiger partial charge in [-0.15, -0.1) is 0 Å². The zero-order valence-corrected chi connectivity index (χ0v) is 19.9. The van der Waals surface area contributed by atoms with Crippen LogP contribution in [0.1, 0.15) is 43.5 Å². The molecule has 0 saturated heterocycles. The zero-order valence-electron chi connectivity index (χ0n) is 19.1. The van der Waals surface area contributed by atoms with Crippen molar-refractivity contribution in [3.63, 3.8) is 0 Å². The van der Waals surface area contributed by atoms with Crippen LogP contribution in [0.25, 0.3) is 5.69 Å². The van der Waals surface area contributed by atoms with Crippen LogP contribution in [-0.2, 0) is 17.6 Å². The number of benzene rings is 2. The largest absolute Gasteiger partial charge is 0.324 e. The van der Waals surface area contributed by atoms with Crippen molar-refractivity contribution < 1.29 is 9.59 Å². The molecule has 33 heavy (non-hydrogen) atoms. The molecule has 0 fully saturated rings. The number of nitrogens with zero attached hydrogens (tertiary/aromatic N) is 3. The van der Waals surface area contributed by atoms with Gasteiger partial charge in [-0.2, -0.15) is 5.10 Å². The molecule has 2 N–H and O–H groups in total. The first kappa shape index (κ1) is 22.9. The summed E-state index contributed by atoms with van der Waals surface area (Å²) in [6, 6.07) is 12.9. The lowest BCUT2D eigenvalue weighted by Gasteiger charge is -2.16. The summed E-state index contributed by atoms with van der Waals surface area (Å²) in [6.07, 6.45) is 3.70. The molecule has 7 nitrogen and oxygen atoms in total. The van der Waals surface area contributed by atoms with Crippen LogP contribution in [0.4, 0.5) is 22.0 Å². The Labute approximate surface area is 198 Å². The number of nitrogens with one attached hydrogen (secondary N) is 2. The molecule has 1 aliphatic heterocycles. The second-order valence-electron chi connectivity index (χ2n) is 8.29. The molecule has 8 heteroatoms. The quantitative estimate of drug-likeness (QED) is 0.488. The van der Waals surface area contributed by atoms with E-state index in [1.807, 2.05) is 43.3 Å². The van der Waals surface area contributed by atoms with Crippen molar-refractivity contribution in [1.29, 1.82) is 0 Å². The van der Waals surface area contributed by atoms with E-state index in [2.05, 4.69) is 17.6 Å². The van der Waals surface area contributed by atoms with Crippen LogP contribution in [0.3, 0.4) is 0 Å². The van der Waals surface area contributed by atoms with Crippen molar-refractivity contribution >= 4 is 40.7 Å². The molecular weight excluding hydrogens is 438 g/mol. The minimum Gasteiger partial charge on any atom is -0.312 e. The minimum atomic E-state index is -0.405. The van der Waals surface area contributed by atoms with Crippen LogP contribution >= 0.6 is 11.6 Å². The SMILES string of the molecule is CCCCc1cc(NC(=O)Nc2cccc(C)c2Cl)n(-c2ccc3c(c2)N(C(C)=O)CC3)n1. The number of hydrogen-bond donors (Lipinski definition) is 2. The molecule has 3 aromatic rings. The number of anilines is 3. The number of aryl methyl sites for hydroxylation is 2. The van der Waals surface area contributed by atoms with Crippen molar-refractivity contribution in [3.8, 4) is 5.69 Å². The van der Waals surface area contributed by atoms with Gasteiger partial charge in [0.15, 0.2) is 0 Å². The maximum atomic E-state index is 12.8. The van der Waals surface area contributed by atoms with Crippen LogP contribution in [0.5, 0.6) is 0 Å². The number of urea groups is 1. The van der Waals surface area contributed by atoms with E-state index >= 15 is 0 Å². The van der Waals surface area contributed by atoms with Gasteiger partial charge in [0.05, 0.1) is 22.1 Å². The fourth-order valence-electron chi connectivity index (χ4n) is 4.04. The maximum Gasteiger partial charge on any atom is 0.324 e. The third-order valence-corrected chi connectivity index (χ3v) is 6.32. The van der Waals surface area contributed by atoms with Crippen molar-refractivity contribution in [2.24, 2.45) is 0 Å². The van der Waals surface area contributed by atoms with E-state index < -0.39 is 6.03 Å². The number of unbranched alkanes of at least 4 members (excludes halogenated alkanes) is 1. The zero-order chi connectivity index (χ0) is 23.5. The molecule has 3 amide bonds. The number of aromatic nitrogens is 2. The summed E-state index contributed by atoms with van der Waals surface area (Å²) >= 11 is 6.33. The lowest BCUT2D eigenvalue weighted by molar-refractivity contribution is -0.116. The Morgan fingerprint density at radius 2 is 1.97 bits per heavy atom. The van der Waals surface area contributed by atoms with Gasteiger partial charge in [0.1, 0.15) is 5.82 Å². The Morgan fingerprint density at radius 1 is 1.15 bits per heavy atom. The van der Waals surface area contributed by atoms with Crippen LogP contribution in [0, 0.1) is 6.92 Å². The first-order valence-corrected chi connectivity index (χ1v) is 11.6. The van der Waals surface area contributed by atoms with Crippen LogP contribution in [0.2, 0.25) is 5.02 Å². The van der Waals surface area contributed by atoms with Gasteiger partial charge in [-0.05, 0) is 55.5 Å². The van der Waals surface area contributed by atoms with Crippen LogP contribution < -0.4 is 15.5 Å². The predicted molar refractivity (Wildman–Crippen MR) is 133 cm³/mol. The second kappa shape index (κ2) is 9.67. The highest BCUT2D eigenvalue weighted by Gasteiger charge is 2.23. The summed E-state index contributed by atoms with van der Waals surface area (Å²) in [7, 11) is 0. The van der Waals surface area contributed by atoms with Gasteiger partial charge >= 0.3 is 6.03 Å². The van der Waals surface area contributed by atoms with E-state index in [1.165, 1.54) is 0 Å². The summed E-state index contributed by atoms with van der Waals surface area (Å²) in [4.78, 5) is 26.6. The number of hydrogen-bond acceptors (Lipinski definition) is 3. The van der Waals surface area contributed by atoms with Gasteiger partial charge in [-0.3, -0.25) is 10.1 Å². The molecule has 0 spiro atoms. The molecular formula is C25H28ClN5O2. The molecule has 1 aromatic heterocycles. The normalized spacial score (nSPS) is 12.5. The number of halogens is 1. The lowest BCUT2D eigenvalue weighted by atomic mass is 10.1. The lowest BCUT2D eigenvalue weighted by Crippen LogP contribution is -2.26. The molecule has 0 unspecified atom stereocenters. The average Bonchev–Trinajstić information content (AvgIpc) is 3.39. The number of rotatable bonds is 6. The molecule has 172 valence electrons. The van der Waals surface area contributed by atoms with E-state index in [-0.39, 0.29) is 5.91 Å². The Hall–Kier alpha value is -3.32. The fourth-order valence-corrected chi connectivity index (χ4v) is 4.21. The standard InChI is InChI=1S/C25H28ClN5O2/c1-4-5-8-19-14-23(28-25(33)27-21-9-6-7-16(2)24(21)26)31(29-19)20-11-10-18-12-13-30(17(3)32)22(18)15-20/h6-7,9-11,14-15H,4-5,8,12-13H2,1-3H3,(H2,27,28,33). The van der Waals surface area contributed by atoms with E-state index in [9.17, 15) is 9.59 Å². The van der Waals surface area contributed by atoms with Crippen LogP contribution in [-0.4, -0.2) is 28.3 Å². The van der Waals surface area contributed by atoms with Gasteiger partial charge in [-0.1, -0.05) is 43.1 Å². The van der Waals surface area contributed by atoms with E-state index in [1.54, 1.807) is 22.6 Å². The maximum absolute atomic E-state index is 12.8. The first-order valence-electron chi connectivity index (χ1n) is 11.2. The molecule has 0 bridgehead atoms. The topological polar surface area (TPSA) is 79.3 Å². The smallest absolute Gasteiger partial charge is 0.312 e. The van der Waals surface area contributed by atoms with Crippen molar-refractivity contribution in [1.82, 2.24) is 9.78 Å². The van der Waals surface area contributed by atoms with Gasteiger partial charge < -0.3 is 10.2 Å². The monoisotopic (exact) mass is 465 g/mol. The molecule has 0 atom stereocenters. The molecule has 2 heterocycles. The highest BCUT2D eigenvalue weighted by molar-refractivity contribution is 6.34. The van der Waals surface area contributed by atoms with Gasteiger partial charge in [0.25, 0.3) is 0 Å². The molecule has 0 radical (unpaired) electrons. The van der Waals surface area contributed by atoms with Crippen molar-refractivity contribution in [2.75, 3.05) is 22.1 Å². The first-order chi connectivity index (χ1) is 15.9. The molecule has 0 aliphatic carbocycles. The minimum absolute atomic E-state index is 0.0164. The third kappa shape index (κ3) is 4.88. The van der Waals surface area contributed by atoms with Gasteiger partial charge in [-0.25, -0.2) is 9.48 Å². The molecule has 4 rings (SSSR count). The van der Waals surface area contributed by atoms with E-state index in [0.29, 0.717) is 23.1 Å². The van der Waals surface area contributed by atoms with Crippen molar-refractivity contribution in [3.05, 3.63) is 64.3 Å². The third-order valence-electron chi connectivity index (χ3n) is 5.82. The Morgan fingerprint density at radius 3 is 2.73 bits per heavy atom. The summed E-state index contributed by atoms with van der Waals surface area (Å²) in [6.45, 7) is 6.27. The summed E-state index contributed by atoms with van der Waals surface area (Å²) in [5, 5.41) is 11.0. The average molecular weight is 466 g/mol. The number of carbonyl (C=O) groups excluding carboxylic acids is 2. The number of fused-ring (bicyclic) bond motifs is 1. The molecule has 2 aromatic carbocycles. The van der Waals surface area contributed by atoms with E-state index in [0.717, 1.165) is 53.9 Å². The number of carbonyl (C=O) groups is 2. The van der Waals surface area contributed by atoms with E-state index in [4.69, 9.17) is 16.7 Å². The highest BCUT2D eigenvalue weighted by atomic mass is 35.5. The summed E-state index contributed by atoms with van der Waals surface area (Å²) in [5.41, 5.74) is 5.13. The Bertz CT molecular complexity index is 1200. The fraction of sp³-hybridized carbons (Fsp3) is 0.320. The summed E-state index contributed by atoms with van der Waals surface area (Å²) < 4.78 is 1.72. The highest BCUT2D eigenvalue weighted by Crippen LogP contribution is 2.32. The van der Waals surface area contributed by atoms with Gasteiger partial charge in [0, 0.05) is 25.2 Å². The Kier molecular flexibility index (Phi) is 6.70. The Balaban J connectivity index is 1.64. The second-order valence-corrected chi connectivity index (χ2v) is 8.66.